The molecule has 2 N–H and O–H groups in total. The van der Waals surface area contributed by atoms with Crippen molar-refractivity contribution in [3.8, 4) is 5.75 Å². The van der Waals surface area contributed by atoms with Gasteiger partial charge >= 0.3 is 5.97 Å². The first-order chi connectivity index (χ1) is 15.1. The molecular formula is C23H30N2O5S. The molecule has 0 saturated heterocycles. The molecule has 2 aliphatic rings. The van der Waals surface area contributed by atoms with Crippen LogP contribution in [0.5, 0.6) is 5.75 Å². The molecule has 1 fully saturated rings. The molecule has 8 heteroatoms. The summed E-state index contributed by atoms with van der Waals surface area (Å²) in [6.07, 6.45) is 5.98. The highest BCUT2D eigenvalue weighted by atomic mass is 32.2. The molecule has 1 aliphatic carbocycles. The van der Waals surface area contributed by atoms with Gasteiger partial charge in [0.25, 0.3) is 5.91 Å². The summed E-state index contributed by atoms with van der Waals surface area (Å²) >= 11 is 1.52. The van der Waals surface area contributed by atoms with Crippen LogP contribution in [0.1, 0.15) is 49.4 Å². The number of hydrogen-bond acceptors (Lipinski definition) is 6. The van der Waals surface area contributed by atoms with Crippen LogP contribution in [0.15, 0.2) is 35.7 Å². The van der Waals surface area contributed by atoms with Crippen LogP contribution in [-0.2, 0) is 14.3 Å². The zero-order chi connectivity index (χ0) is 22.1. The van der Waals surface area contributed by atoms with Crippen LogP contribution in [0.2, 0.25) is 0 Å². The Bertz CT molecular complexity index is 780. The van der Waals surface area contributed by atoms with Gasteiger partial charge in [-0.3, -0.25) is 14.4 Å². The molecule has 1 aliphatic heterocycles. The SMILES string of the molecule is CCOC(=O)C1CCC(Oc2ccc(C(=O)NCCNC(=O)C3CC=CS3)cc2)CC1. The summed E-state index contributed by atoms with van der Waals surface area (Å²) in [5.74, 6) is 0.398. The summed E-state index contributed by atoms with van der Waals surface area (Å²) in [5, 5.41) is 7.54. The number of rotatable bonds is 9. The van der Waals surface area contributed by atoms with Gasteiger partial charge in [0.1, 0.15) is 5.75 Å². The molecule has 1 saturated carbocycles. The van der Waals surface area contributed by atoms with Gasteiger partial charge in [-0.05, 0) is 68.7 Å². The Kier molecular flexibility index (Phi) is 8.82. The number of thioether (sulfide) groups is 1. The van der Waals surface area contributed by atoms with Gasteiger partial charge < -0.3 is 20.1 Å². The first-order valence-electron chi connectivity index (χ1n) is 10.9. The molecule has 1 unspecified atom stereocenters. The quantitative estimate of drug-likeness (QED) is 0.447. The molecule has 1 heterocycles. The van der Waals surface area contributed by atoms with Gasteiger partial charge in [0.05, 0.1) is 23.9 Å². The van der Waals surface area contributed by atoms with Crippen molar-refractivity contribution >= 4 is 29.5 Å². The molecule has 1 aromatic rings. The molecule has 168 valence electrons. The zero-order valence-corrected chi connectivity index (χ0v) is 18.6. The minimum Gasteiger partial charge on any atom is -0.490 e. The Morgan fingerprint density at radius 1 is 1.03 bits per heavy atom. The van der Waals surface area contributed by atoms with Gasteiger partial charge in [-0.2, -0.15) is 0 Å². The highest BCUT2D eigenvalue weighted by Crippen LogP contribution is 2.28. The fraction of sp³-hybridized carbons (Fsp3) is 0.522. The van der Waals surface area contributed by atoms with Crippen molar-refractivity contribution in [3.63, 3.8) is 0 Å². The monoisotopic (exact) mass is 446 g/mol. The summed E-state index contributed by atoms with van der Waals surface area (Å²) < 4.78 is 11.1. The lowest BCUT2D eigenvalue weighted by Crippen LogP contribution is -2.38. The van der Waals surface area contributed by atoms with Crippen LogP contribution in [0, 0.1) is 5.92 Å². The number of ether oxygens (including phenoxy) is 2. The molecule has 7 nitrogen and oxygen atoms in total. The maximum absolute atomic E-state index is 12.3. The van der Waals surface area contributed by atoms with E-state index in [1.165, 1.54) is 11.8 Å². The minimum absolute atomic E-state index is 0.00189. The third-order valence-corrected chi connectivity index (χ3v) is 6.49. The van der Waals surface area contributed by atoms with E-state index in [-0.39, 0.29) is 35.1 Å². The molecular weight excluding hydrogens is 416 g/mol. The van der Waals surface area contributed by atoms with Gasteiger partial charge in [-0.1, -0.05) is 6.08 Å². The number of benzene rings is 1. The Labute approximate surface area is 187 Å². The van der Waals surface area contributed by atoms with Crippen molar-refractivity contribution in [1.29, 1.82) is 0 Å². The Hall–Kier alpha value is -2.48. The average molecular weight is 447 g/mol. The predicted octanol–water partition coefficient (Wildman–Crippen LogP) is 3.05. The maximum Gasteiger partial charge on any atom is 0.308 e. The van der Waals surface area contributed by atoms with E-state index >= 15 is 0 Å². The molecule has 1 aromatic carbocycles. The topological polar surface area (TPSA) is 93.7 Å². The zero-order valence-electron chi connectivity index (χ0n) is 17.8. The third kappa shape index (κ3) is 7.02. The van der Waals surface area contributed by atoms with Crippen molar-refractivity contribution < 1.29 is 23.9 Å². The maximum atomic E-state index is 12.3. The van der Waals surface area contributed by atoms with Crippen LogP contribution in [-0.4, -0.2) is 48.8 Å². The van der Waals surface area contributed by atoms with E-state index in [0.29, 0.717) is 31.0 Å². The second kappa shape index (κ2) is 11.8. The van der Waals surface area contributed by atoms with E-state index in [1.54, 1.807) is 24.3 Å². The van der Waals surface area contributed by atoms with Gasteiger partial charge in [-0.25, -0.2) is 0 Å². The van der Waals surface area contributed by atoms with Crippen LogP contribution >= 0.6 is 11.8 Å². The first kappa shape index (κ1) is 23.2. The Balaban J connectivity index is 1.35. The fourth-order valence-electron chi connectivity index (χ4n) is 3.69. The number of nitrogens with one attached hydrogen (secondary N) is 2. The van der Waals surface area contributed by atoms with Crippen LogP contribution < -0.4 is 15.4 Å². The molecule has 1 atom stereocenters. The highest BCUT2D eigenvalue weighted by molar-refractivity contribution is 8.03. The van der Waals surface area contributed by atoms with Crippen molar-refractivity contribution in [1.82, 2.24) is 10.6 Å². The normalized spacial score (nSPS) is 22.5. The second-order valence-electron chi connectivity index (χ2n) is 7.65. The Morgan fingerprint density at radius 2 is 1.74 bits per heavy atom. The van der Waals surface area contributed by atoms with Crippen molar-refractivity contribution in [3.05, 3.63) is 41.3 Å². The van der Waals surface area contributed by atoms with Crippen molar-refractivity contribution in [2.75, 3.05) is 19.7 Å². The van der Waals surface area contributed by atoms with Crippen molar-refractivity contribution in [2.24, 2.45) is 5.92 Å². The second-order valence-corrected chi connectivity index (χ2v) is 8.76. The summed E-state index contributed by atoms with van der Waals surface area (Å²) in [6.45, 7) is 3.01. The lowest BCUT2D eigenvalue weighted by molar-refractivity contribution is -0.149. The van der Waals surface area contributed by atoms with Gasteiger partial charge in [-0.15, -0.1) is 11.8 Å². The molecule has 0 bridgehead atoms. The van der Waals surface area contributed by atoms with E-state index in [2.05, 4.69) is 10.6 Å². The van der Waals surface area contributed by atoms with Crippen molar-refractivity contribution in [2.45, 2.75) is 50.4 Å². The number of carbonyl (C=O) groups excluding carboxylic acids is 3. The van der Waals surface area contributed by atoms with E-state index in [4.69, 9.17) is 9.47 Å². The standard InChI is InChI=1S/C23H30N2O5S/c1-2-29-23(28)17-7-11-19(12-8-17)30-18-9-5-16(6-10-18)21(26)24-13-14-25-22(27)20-4-3-15-31-20/h3,5-6,9-10,15,17,19-20H,2,4,7-8,11-14H2,1H3,(H,24,26)(H,25,27). The molecule has 3 rings (SSSR count). The van der Waals surface area contributed by atoms with Gasteiger partial charge in [0.2, 0.25) is 5.91 Å². The van der Waals surface area contributed by atoms with Gasteiger partial charge in [0.15, 0.2) is 0 Å². The van der Waals surface area contributed by atoms with Crippen LogP contribution in [0.3, 0.4) is 0 Å². The molecule has 2 amide bonds. The molecule has 0 radical (unpaired) electrons. The molecule has 0 aromatic heterocycles. The molecule has 31 heavy (non-hydrogen) atoms. The fourth-order valence-corrected chi connectivity index (χ4v) is 4.53. The smallest absolute Gasteiger partial charge is 0.308 e. The molecule has 0 spiro atoms. The van der Waals surface area contributed by atoms with E-state index < -0.39 is 0 Å². The number of carbonyl (C=O) groups is 3. The van der Waals surface area contributed by atoms with Crippen LogP contribution in [0.4, 0.5) is 0 Å². The van der Waals surface area contributed by atoms with E-state index in [0.717, 1.165) is 32.1 Å². The van der Waals surface area contributed by atoms with E-state index in [9.17, 15) is 14.4 Å². The third-order valence-electron chi connectivity index (χ3n) is 5.40. The lowest BCUT2D eigenvalue weighted by atomic mass is 9.87. The number of allylic oxidation sites excluding steroid dienone is 1. The Morgan fingerprint density at radius 3 is 2.39 bits per heavy atom. The number of amides is 2. The van der Waals surface area contributed by atoms with Gasteiger partial charge in [0, 0.05) is 18.7 Å². The number of hydrogen-bond donors (Lipinski definition) is 2. The van der Waals surface area contributed by atoms with Crippen LogP contribution in [0.25, 0.3) is 0 Å². The summed E-state index contributed by atoms with van der Waals surface area (Å²) in [6, 6.07) is 7.04. The summed E-state index contributed by atoms with van der Waals surface area (Å²) in [5.41, 5.74) is 0.542. The van der Waals surface area contributed by atoms with E-state index in [1.807, 2.05) is 18.4 Å². The minimum atomic E-state index is -0.187. The predicted molar refractivity (Wildman–Crippen MR) is 120 cm³/mol. The summed E-state index contributed by atoms with van der Waals surface area (Å²) in [4.78, 5) is 36.0. The number of esters is 1. The first-order valence-corrected chi connectivity index (χ1v) is 11.8. The largest absolute Gasteiger partial charge is 0.490 e. The summed E-state index contributed by atoms with van der Waals surface area (Å²) in [7, 11) is 0. The average Bonchev–Trinajstić information content (AvgIpc) is 3.33. The lowest BCUT2D eigenvalue weighted by Gasteiger charge is -2.27. The highest BCUT2D eigenvalue weighted by Gasteiger charge is 2.28.